The van der Waals surface area contributed by atoms with Gasteiger partial charge in [0.25, 0.3) is 11.6 Å². The molecule has 7 heteroatoms. The first kappa shape index (κ1) is 17.9. The van der Waals surface area contributed by atoms with Gasteiger partial charge in [-0.2, -0.15) is 0 Å². The first-order chi connectivity index (χ1) is 12.6. The van der Waals surface area contributed by atoms with Crippen LogP contribution in [0.2, 0.25) is 0 Å². The van der Waals surface area contributed by atoms with Gasteiger partial charge in [-0.3, -0.25) is 14.9 Å². The molecule has 1 unspecified atom stereocenters. The van der Waals surface area contributed by atoms with E-state index in [1.807, 2.05) is 31.2 Å². The molecular weight excluding hydrogens is 334 g/mol. The van der Waals surface area contributed by atoms with Crippen molar-refractivity contribution in [2.24, 2.45) is 0 Å². The number of para-hydroxylation sites is 1. The Labute approximate surface area is 151 Å². The highest BCUT2D eigenvalue weighted by atomic mass is 16.6. The van der Waals surface area contributed by atoms with Gasteiger partial charge < -0.3 is 15.0 Å². The number of carbonyl (C=O) groups is 1. The summed E-state index contributed by atoms with van der Waals surface area (Å²) in [7, 11) is 0. The van der Waals surface area contributed by atoms with E-state index in [0.717, 1.165) is 37.6 Å². The number of anilines is 1. The van der Waals surface area contributed by atoms with Crippen LogP contribution >= 0.6 is 0 Å². The second-order valence-corrected chi connectivity index (χ2v) is 6.16. The van der Waals surface area contributed by atoms with Crippen molar-refractivity contribution in [1.82, 2.24) is 5.32 Å². The number of benzene rings is 2. The molecule has 0 saturated carbocycles. The van der Waals surface area contributed by atoms with Gasteiger partial charge in [-0.1, -0.05) is 24.3 Å². The molecule has 2 aromatic rings. The van der Waals surface area contributed by atoms with Crippen LogP contribution < -0.4 is 10.2 Å². The second-order valence-electron chi connectivity index (χ2n) is 6.16. The minimum absolute atomic E-state index is 0.0642. The monoisotopic (exact) mass is 355 g/mol. The topological polar surface area (TPSA) is 84.7 Å². The van der Waals surface area contributed by atoms with E-state index in [-0.39, 0.29) is 17.3 Å². The molecule has 1 amide bonds. The molecule has 26 heavy (non-hydrogen) atoms. The maximum absolute atomic E-state index is 12.4. The molecular formula is C19H21N3O4. The molecule has 1 heterocycles. The van der Waals surface area contributed by atoms with E-state index in [0.29, 0.717) is 0 Å². The van der Waals surface area contributed by atoms with E-state index in [2.05, 4.69) is 10.2 Å². The number of hydrogen-bond donors (Lipinski definition) is 1. The predicted octanol–water partition coefficient (Wildman–Crippen LogP) is 2.92. The smallest absolute Gasteiger partial charge is 0.282 e. The molecule has 1 saturated heterocycles. The van der Waals surface area contributed by atoms with Crippen LogP contribution in [-0.4, -0.2) is 37.1 Å². The van der Waals surface area contributed by atoms with Crippen molar-refractivity contribution in [2.45, 2.75) is 13.0 Å². The van der Waals surface area contributed by atoms with Gasteiger partial charge in [-0.25, -0.2) is 0 Å². The number of morpholine rings is 1. The van der Waals surface area contributed by atoms with Crippen molar-refractivity contribution in [3.8, 4) is 0 Å². The van der Waals surface area contributed by atoms with Gasteiger partial charge in [-0.15, -0.1) is 0 Å². The van der Waals surface area contributed by atoms with E-state index < -0.39 is 10.8 Å². The lowest BCUT2D eigenvalue weighted by atomic mass is 10.1. The molecule has 136 valence electrons. The van der Waals surface area contributed by atoms with Crippen molar-refractivity contribution in [3.63, 3.8) is 0 Å². The van der Waals surface area contributed by atoms with Crippen LogP contribution in [-0.2, 0) is 4.74 Å². The summed E-state index contributed by atoms with van der Waals surface area (Å²) in [6.45, 7) is 5.04. The summed E-state index contributed by atoms with van der Waals surface area (Å²) in [6, 6.07) is 13.7. The SMILES string of the molecule is CC(NC(=O)c1ccccc1[N+](=O)[O-])c1ccc(N2CCOCC2)cc1. The molecule has 0 bridgehead atoms. The lowest BCUT2D eigenvalue weighted by Gasteiger charge is -2.29. The Morgan fingerprint density at radius 3 is 2.46 bits per heavy atom. The van der Waals surface area contributed by atoms with E-state index in [1.165, 1.54) is 12.1 Å². The Morgan fingerprint density at radius 1 is 1.15 bits per heavy atom. The summed E-state index contributed by atoms with van der Waals surface area (Å²) in [5.74, 6) is -0.456. The fourth-order valence-electron chi connectivity index (χ4n) is 2.98. The quantitative estimate of drug-likeness (QED) is 0.658. The average Bonchev–Trinajstić information content (AvgIpc) is 2.68. The second kappa shape index (κ2) is 7.97. The van der Waals surface area contributed by atoms with Crippen LogP contribution in [0.25, 0.3) is 0 Å². The van der Waals surface area contributed by atoms with Gasteiger partial charge in [0.2, 0.25) is 0 Å². The molecule has 0 aliphatic carbocycles. The van der Waals surface area contributed by atoms with Gasteiger partial charge >= 0.3 is 0 Å². The molecule has 1 fully saturated rings. The molecule has 1 aliphatic rings. The summed E-state index contributed by atoms with van der Waals surface area (Å²) < 4.78 is 5.36. The number of nitrogens with one attached hydrogen (secondary N) is 1. The zero-order valence-corrected chi connectivity index (χ0v) is 14.6. The molecule has 1 atom stereocenters. The largest absolute Gasteiger partial charge is 0.378 e. The summed E-state index contributed by atoms with van der Waals surface area (Å²) in [6.07, 6.45) is 0. The van der Waals surface area contributed by atoms with Crippen molar-refractivity contribution >= 4 is 17.3 Å². The van der Waals surface area contributed by atoms with Gasteiger partial charge in [0.1, 0.15) is 5.56 Å². The molecule has 3 rings (SSSR count). The zero-order valence-electron chi connectivity index (χ0n) is 14.6. The number of nitro groups is 1. The lowest BCUT2D eigenvalue weighted by molar-refractivity contribution is -0.385. The fraction of sp³-hybridized carbons (Fsp3) is 0.316. The van der Waals surface area contributed by atoms with Crippen molar-refractivity contribution < 1.29 is 14.5 Å². The zero-order chi connectivity index (χ0) is 18.5. The molecule has 7 nitrogen and oxygen atoms in total. The summed E-state index contributed by atoms with van der Waals surface area (Å²) in [5, 5.41) is 13.9. The van der Waals surface area contributed by atoms with E-state index in [1.54, 1.807) is 12.1 Å². The van der Waals surface area contributed by atoms with Crippen LogP contribution in [0.15, 0.2) is 48.5 Å². The molecule has 1 aliphatic heterocycles. The predicted molar refractivity (Wildman–Crippen MR) is 98.5 cm³/mol. The van der Waals surface area contributed by atoms with Gasteiger partial charge in [0, 0.05) is 24.8 Å². The van der Waals surface area contributed by atoms with Crippen LogP contribution in [0.4, 0.5) is 11.4 Å². The number of carbonyl (C=O) groups excluding carboxylic acids is 1. The summed E-state index contributed by atoms with van der Waals surface area (Å²) >= 11 is 0. The third kappa shape index (κ3) is 4.00. The average molecular weight is 355 g/mol. The first-order valence-corrected chi connectivity index (χ1v) is 8.53. The lowest BCUT2D eigenvalue weighted by Crippen LogP contribution is -2.36. The Balaban J connectivity index is 1.69. The molecule has 0 aromatic heterocycles. The van der Waals surface area contributed by atoms with Crippen molar-refractivity contribution in [2.75, 3.05) is 31.2 Å². The molecule has 1 N–H and O–H groups in total. The number of ether oxygens (including phenoxy) is 1. The van der Waals surface area contributed by atoms with Crippen molar-refractivity contribution in [3.05, 3.63) is 69.8 Å². The van der Waals surface area contributed by atoms with Gasteiger partial charge in [0.05, 0.1) is 24.2 Å². The molecule has 0 spiro atoms. The Kier molecular flexibility index (Phi) is 5.48. The van der Waals surface area contributed by atoms with Crippen LogP contribution in [0, 0.1) is 10.1 Å². The third-order valence-corrected chi connectivity index (χ3v) is 4.46. The molecule has 2 aromatic carbocycles. The highest BCUT2D eigenvalue weighted by Crippen LogP contribution is 2.22. The summed E-state index contributed by atoms with van der Waals surface area (Å²) in [4.78, 5) is 25.2. The first-order valence-electron chi connectivity index (χ1n) is 8.53. The Bertz CT molecular complexity index is 786. The van der Waals surface area contributed by atoms with E-state index in [9.17, 15) is 14.9 Å². The number of nitro benzene ring substituents is 1. The maximum Gasteiger partial charge on any atom is 0.282 e. The Hall–Kier alpha value is -2.93. The number of nitrogens with zero attached hydrogens (tertiary/aromatic N) is 2. The number of hydrogen-bond acceptors (Lipinski definition) is 5. The Morgan fingerprint density at radius 2 is 1.81 bits per heavy atom. The minimum Gasteiger partial charge on any atom is -0.378 e. The normalized spacial score (nSPS) is 15.3. The summed E-state index contributed by atoms with van der Waals surface area (Å²) in [5.41, 5.74) is 1.93. The number of rotatable bonds is 5. The van der Waals surface area contributed by atoms with Gasteiger partial charge in [-0.05, 0) is 30.7 Å². The van der Waals surface area contributed by atoms with E-state index in [4.69, 9.17) is 4.74 Å². The highest BCUT2D eigenvalue weighted by Gasteiger charge is 2.21. The van der Waals surface area contributed by atoms with Crippen molar-refractivity contribution in [1.29, 1.82) is 0 Å². The minimum atomic E-state index is -0.545. The fourth-order valence-corrected chi connectivity index (χ4v) is 2.98. The maximum atomic E-state index is 12.4. The third-order valence-electron chi connectivity index (χ3n) is 4.46. The highest BCUT2D eigenvalue weighted by molar-refractivity contribution is 5.98. The van der Waals surface area contributed by atoms with Crippen LogP contribution in [0.1, 0.15) is 28.9 Å². The van der Waals surface area contributed by atoms with E-state index >= 15 is 0 Å². The van der Waals surface area contributed by atoms with Crippen LogP contribution in [0.5, 0.6) is 0 Å². The van der Waals surface area contributed by atoms with Crippen LogP contribution in [0.3, 0.4) is 0 Å². The van der Waals surface area contributed by atoms with Gasteiger partial charge in [0.15, 0.2) is 0 Å². The number of amides is 1. The standard InChI is InChI=1S/C19H21N3O4/c1-14(20-19(23)17-4-2-3-5-18(17)22(24)25)15-6-8-16(9-7-15)21-10-12-26-13-11-21/h2-9,14H,10-13H2,1H3,(H,20,23). The molecule has 0 radical (unpaired) electrons.